The molecule has 0 aliphatic heterocycles. The molecular formula is C16H33N. The summed E-state index contributed by atoms with van der Waals surface area (Å²) in [5.74, 6) is 0. The van der Waals surface area contributed by atoms with Crippen molar-refractivity contribution in [3.63, 3.8) is 0 Å². The molecule has 1 nitrogen and oxygen atoms in total. The molecule has 0 saturated carbocycles. The molecule has 102 valence electrons. The Hall–Kier alpha value is -0.300. The highest BCUT2D eigenvalue weighted by atomic mass is 15.0. The van der Waals surface area contributed by atoms with Crippen molar-refractivity contribution in [3.8, 4) is 0 Å². The van der Waals surface area contributed by atoms with Gasteiger partial charge in [0.05, 0.1) is 0 Å². The van der Waals surface area contributed by atoms with Gasteiger partial charge in [-0.1, -0.05) is 52.0 Å². The van der Waals surface area contributed by atoms with E-state index < -0.39 is 0 Å². The summed E-state index contributed by atoms with van der Waals surface area (Å²) in [5, 5.41) is 3.59. The maximum atomic E-state index is 4.01. The van der Waals surface area contributed by atoms with Crippen LogP contribution in [-0.2, 0) is 0 Å². The number of hydrogen-bond acceptors (Lipinski definition) is 1. The first kappa shape index (κ1) is 16.7. The monoisotopic (exact) mass is 239 g/mol. The zero-order valence-corrected chi connectivity index (χ0v) is 12.7. The van der Waals surface area contributed by atoms with E-state index in [2.05, 4.69) is 52.6 Å². The van der Waals surface area contributed by atoms with Crippen molar-refractivity contribution >= 4 is 0 Å². The van der Waals surface area contributed by atoms with Crippen LogP contribution < -0.4 is 5.32 Å². The van der Waals surface area contributed by atoms with Gasteiger partial charge in [0, 0.05) is 12.1 Å². The fourth-order valence-electron chi connectivity index (χ4n) is 1.86. The summed E-state index contributed by atoms with van der Waals surface area (Å²) in [6.07, 6.45) is 10.2. The maximum Gasteiger partial charge on any atom is 0.00968 e. The van der Waals surface area contributed by atoms with Crippen LogP contribution in [0.15, 0.2) is 12.7 Å². The Labute approximate surface area is 109 Å². The van der Waals surface area contributed by atoms with Gasteiger partial charge in [0.2, 0.25) is 0 Å². The van der Waals surface area contributed by atoms with Crippen LogP contribution in [0.5, 0.6) is 0 Å². The molecule has 17 heavy (non-hydrogen) atoms. The van der Waals surface area contributed by atoms with Gasteiger partial charge < -0.3 is 5.32 Å². The Bertz CT molecular complexity index is 202. The van der Waals surface area contributed by atoms with Crippen LogP contribution in [0.25, 0.3) is 0 Å². The van der Waals surface area contributed by atoms with E-state index in [-0.39, 0.29) is 11.0 Å². The zero-order chi connectivity index (χ0) is 13.4. The quantitative estimate of drug-likeness (QED) is 0.444. The third kappa shape index (κ3) is 9.41. The number of rotatable bonds is 9. The van der Waals surface area contributed by atoms with Gasteiger partial charge in [0.15, 0.2) is 0 Å². The molecule has 1 atom stereocenters. The lowest BCUT2D eigenvalue weighted by Gasteiger charge is -2.31. The molecule has 0 aliphatic rings. The maximum absolute atomic E-state index is 4.01. The van der Waals surface area contributed by atoms with E-state index in [1.807, 2.05) is 0 Å². The summed E-state index contributed by atoms with van der Waals surface area (Å²) in [7, 11) is 0. The van der Waals surface area contributed by atoms with Gasteiger partial charge in [-0.3, -0.25) is 0 Å². The van der Waals surface area contributed by atoms with Crippen molar-refractivity contribution in [1.82, 2.24) is 5.32 Å². The van der Waals surface area contributed by atoms with Crippen molar-refractivity contribution in [1.29, 1.82) is 0 Å². The van der Waals surface area contributed by atoms with Crippen molar-refractivity contribution in [2.75, 3.05) is 6.54 Å². The van der Waals surface area contributed by atoms with E-state index in [1.54, 1.807) is 0 Å². The van der Waals surface area contributed by atoms with Crippen LogP contribution >= 0.6 is 0 Å². The Morgan fingerprint density at radius 1 is 1.00 bits per heavy atom. The van der Waals surface area contributed by atoms with Crippen molar-refractivity contribution in [2.45, 2.75) is 78.7 Å². The standard InChI is InChI=1S/C16H33N/c1-7-9-10-11-12-13-16(6,8-2)14-17-15(3,4)5/h8,17H,2,7,9-14H2,1,3-6H3. The second kappa shape index (κ2) is 7.92. The van der Waals surface area contributed by atoms with Crippen LogP contribution in [0.4, 0.5) is 0 Å². The van der Waals surface area contributed by atoms with E-state index >= 15 is 0 Å². The third-order valence-electron chi connectivity index (χ3n) is 3.37. The smallest absolute Gasteiger partial charge is 0.00968 e. The molecule has 0 amide bonds. The van der Waals surface area contributed by atoms with Gasteiger partial charge in [0.1, 0.15) is 0 Å². The molecule has 0 aromatic rings. The number of hydrogen-bond donors (Lipinski definition) is 1. The molecule has 0 fully saturated rings. The molecule has 0 aliphatic carbocycles. The molecule has 0 aromatic carbocycles. The minimum Gasteiger partial charge on any atom is -0.311 e. The number of unbranched alkanes of at least 4 members (excludes halogenated alkanes) is 4. The Morgan fingerprint density at radius 3 is 2.06 bits per heavy atom. The van der Waals surface area contributed by atoms with E-state index in [1.165, 1.54) is 38.5 Å². The molecule has 0 bridgehead atoms. The van der Waals surface area contributed by atoms with Crippen LogP contribution in [0, 0.1) is 5.41 Å². The van der Waals surface area contributed by atoms with Gasteiger partial charge >= 0.3 is 0 Å². The van der Waals surface area contributed by atoms with Crippen molar-refractivity contribution in [3.05, 3.63) is 12.7 Å². The lowest BCUT2D eigenvalue weighted by atomic mass is 9.84. The van der Waals surface area contributed by atoms with Crippen molar-refractivity contribution < 1.29 is 0 Å². The van der Waals surface area contributed by atoms with Gasteiger partial charge in [-0.15, -0.1) is 6.58 Å². The van der Waals surface area contributed by atoms with Crippen LogP contribution in [-0.4, -0.2) is 12.1 Å². The van der Waals surface area contributed by atoms with Gasteiger partial charge in [0.25, 0.3) is 0 Å². The largest absolute Gasteiger partial charge is 0.311 e. The Balaban J connectivity index is 3.89. The summed E-state index contributed by atoms with van der Waals surface area (Å²) in [5.41, 5.74) is 0.450. The van der Waals surface area contributed by atoms with Crippen molar-refractivity contribution in [2.24, 2.45) is 5.41 Å². The fourth-order valence-corrected chi connectivity index (χ4v) is 1.86. The topological polar surface area (TPSA) is 12.0 Å². The highest BCUT2D eigenvalue weighted by molar-refractivity contribution is 4.94. The van der Waals surface area contributed by atoms with Gasteiger partial charge in [-0.05, 0) is 32.6 Å². The molecule has 0 rings (SSSR count). The summed E-state index contributed by atoms with van der Waals surface area (Å²) >= 11 is 0. The molecule has 0 heterocycles. The first-order chi connectivity index (χ1) is 7.83. The van der Waals surface area contributed by atoms with Gasteiger partial charge in [-0.25, -0.2) is 0 Å². The van der Waals surface area contributed by atoms with Crippen LogP contribution in [0.3, 0.4) is 0 Å². The normalized spacial score (nSPS) is 15.6. The minimum atomic E-state index is 0.201. The van der Waals surface area contributed by atoms with E-state index in [4.69, 9.17) is 0 Å². The molecule has 0 saturated heterocycles. The van der Waals surface area contributed by atoms with Crippen LogP contribution in [0.1, 0.15) is 73.1 Å². The van der Waals surface area contributed by atoms with Crippen LogP contribution in [0.2, 0.25) is 0 Å². The molecule has 1 heteroatoms. The molecule has 0 aromatic heterocycles. The second-order valence-corrected chi connectivity index (χ2v) is 6.63. The third-order valence-corrected chi connectivity index (χ3v) is 3.37. The van der Waals surface area contributed by atoms with E-state index in [0.29, 0.717) is 0 Å². The van der Waals surface area contributed by atoms with E-state index in [9.17, 15) is 0 Å². The molecular weight excluding hydrogens is 206 g/mol. The first-order valence-corrected chi connectivity index (χ1v) is 7.21. The predicted octanol–water partition coefficient (Wildman–Crippen LogP) is 4.93. The molecule has 0 radical (unpaired) electrons. The van der Waals surface area contributed by atoms with Gasteiger partial charge in [-0.2, -0.15) is 0 Å². The average Bonchev–Trinajstić information content (AvgIpc) is 2.25. The molecule has 1 N–H and O–H groups in total. The zero-order valence-electron chi connectivity index (χ0n) is 12.7. The Morgan fingerprint density at radius 2 is 1.59 bits per heavy atom. The van der Waals surface area contributed by atoms with E-state index in [0.717, 1.165) is 6.54 Å². The Kier molecular flexibility index (Phi) is 7.78. The summed E-state index contributed by atoms with van der Waals surface area (Å²) in [6.45, 7) is 16.3. The highest BCUT2D eigenvalue weighted by Crippen LogP contribution is 2.26. The second-order valence-electron chi connectivity index (χ2n) is 6.63. The summed E-state index contributed by atoms with van der Waals surface area (Å²) in [4.78, 5) is 0. The molecule has 0 spiro atoms. The lowest BCUT2D eigenvalue weighted by molar-refractivity contribution is 0.299. The summed E-state index contributed by atoms with van der Waals surface area (Å²) in [6, 6.07) is 0. The summed E-state index contributed by atoms with van der Waals surface area (Å²) < 4.78 is 0. The highest BCUT2D eigenvalue weighted by Gasteiger charge is 2.22. The lowest BCUT2D eigenvalue weighted by Crippen LogP contribution is -2.42. The number of nitrogens with one attached hydrogen (secondary N) is 1. The molecule has 1 unspecified atom stereocenters. The first-order valence-electron chi connectivity index (χ1n) is 7.21. The predicted molar refractivity (Wildman–Crippen MR) is 79.4 cm³/mol. The SMILES string of the molecule is C=CC(C)(CCCCCCC)CNC(C)(C)C. The minimum absolute atomic E-state index is 0.201. The average molecular weight is 239 g/mol. The fraction of sp³-hybridized carbons (Fsp3) is 0.875.